The summed E-state index contributed by atoms with van der Waals surface area (Å²) in [6.45, 7) is 7.29. The molecule has 0 saturated heterocycles. The SMILES string of the molecule is Cc1nc(CCN(C)C(=O)C23CC4C[C@@](C)(C2)C[C@@](C)(C4)C3)no1. The van der Waals surface area contributed by atoms with Crippen LogP contribution in [-0.4, -0.2) is 34.5 Å². The molecule has 1 heterocycles. The summed E-state index contributed by atoms with van der Waals surface area (Å²) in [6, 6.07) is 0. The number of aryl methyl sites for hydroxylation is 1. The standard InChI is InChI=1S/C19H29N3O2/c1-13-20-15(21-24-13)5-6-22(4)16(23)19-9-14-7-17(2,11-19)10-18(3,8-14)12-19/h14H,5-12H2,1-4H3/t14?,17-,18-,19?/m1/s1. The van der Waals surface area contributed by atoms with E-state index in [-0.39, 0.29) is 5.41 Å². The number of aromatic nitrogens is 2. The summed E-state index contributed by atoms with van der Waals surface area (Å²) >= 11 is 0. The summed E-state index contributed by atoms with van der Waals surface area (Å²) in [5.74, 6) is 2.37. The number of carbonyl (C=O) groups is 1. The lowest BCUT2D eigenvalue weighted by atomic mass is 9.40. The van der Waals surface area contributed by atoms with Gasteiger partial charge in [0.05, 0.1) is 5.41 Å². The van der Waals surface area contributed by atoms with Crippen LogP contribution in [0.1, 0.15) is 64.1 Å². The van der Waals surface area contributed by atoms with Gasteiger partial charge in [-0.1, -0.05) is 19.0 Å². The van der Waals surface area contributed by atoms with Crippen molar-refractivity contribution in [3.63, 3.8) is 0 Å². The molecule has 5 rings (SSSR count). The predicted octanol–water partition coefficient (Wildman–Crippen LogP) is 3.38. The summed E-state index contributed by atoms with van der Waals surface area (Å²) in [6.07, 6.45) is 7.87. The molecular weight excluding hydrogens is 302 g/mol. The topological polar surface area (TPSA) is 59.2 Å². The van der Waals surface area contributed by atoms with Crippen molar-refractivity contribution in [3.8, 4) is 0 Å². The predicted molar refractivity (Wildman–Crippen MR) is 90.2 cm³/mol. The van der Waals surface area contributed by atoms with Crippen LogP contribution in [0.3, 0.4) is 0 Å². The van der Waals surface area contributed by atoms with E-state index in [4.69, 9.17) is 4.52 Å². The van der Waals surface area contributed by atoms with E-state index >= 15 is 0 Å². The minimum absolute atomic E-state index is 0.120. The fourth-order valence-electron chi connectivity index (χ4n) is 6.90. The molecule has 5 nitrogen and oxygen atoms in total. The molecule has 4 bridgehead atoms. The van der Waals surface area contributed by atoms with E-state index in [9.17, 15) is 4.79 Å². The highest BCUT2D eigenvalue weighted by Gasteiger charge is 2.63. The number of hydrogen-bond acceptors (Lipinski definition) is 4. The molecule has 0 aliphatic heterocycles. The van der Waals surface area contributed by atoms with Crippen molar-refractivity contribution in [1.29, 1.82) is 0 Å². The van der Waals surface area contributed by atoms with Crippen LogP contribution in [0.25, 0.3) is 0 Å². The van der Waals surface area contributed by atoms with Crippen LogP contribution in [0.2, 0.25) is 0 Å². The van der Waals surface area contributed by atoms with Gasteiger partial charge in [0.15, 0.2) is 5.82 Å². The van der Waals surface area contributed by atoms with E-state index in [1.54, 1.807) is 6.92 Å². The highest BCUT2D eigenvalue weighted by atomic mass is 16.5. The van der Waals surface area contributed by atoms with Gasteiger partial charge in [0, 0.05) is 26.9 Å². The molecular formula is C19H29N3O2. The third kappa shape index (κ3) is 2.56. The third-order valence-corrected chi connectivity index (χ3v) is 6.67. The number of hydrogen-bond donors (Lipinski definition) is 0. The lowest BCUT2D eigenvalue weighted by Crippen LogP contribution is -2.60. The lowest BCUT2D eigenvalue weighted by molar-refractivity contribution is -0.178. The number of rotatable bonds is 4. The van der Waals surface area contributed by atoms with Crippen molar-refractivity contribution in [3.05, 3.63) is 11.7 Å². The summed E-state index contributed by atoms with van der Waals surface area (Å²) < 4.78 is 5.02. The first-order chi connectivity index (χ1) is 11.2. The van der Waals surface area contributed by atoms with Gasteiger partial charge in [-0.3, -0.25) is 4.79 Å². The summed E-state index contributed by atoms with van der Waals surface area (Å²) in [5, 5.41) is 3.94. The number of nitrogens with zero attached hydrogens (tertiary/aromatic N) is 3. The fourth-order valence-corrected chi connectivity index (χ4v) is 6.90. The third-order valence-electron chi connectivity index (χ3n) is 6.67. The van der Waals surface area contributed by atoms with Gasteiger partial charge in [0.2, 0.25) is 11.8 Å². The quantitative estimate of drug-likeness (QED) is 0.848. The van der Waals surface area contributed by atoms with Crippen LogP contribution in [0.15, 0.2) is 4.52 Å². The summed E-state index contributed by atoms with van der Waals surface area (Å²) in [7, 11) is 1.94. The second-order valence-corrected chi connectivity index (χ2v) is 9.62. The summed E-state index contributed by atoms with van der Waals surface area (Å²) in [4.78, 5) is 19.5. The average molecular weight is 331 g/mol. The van der Waals surface area contributed by atoms with Crippen molar-refractivity contribution in [2.24, 2.45) is 22.2 Å². The minimum Gasteiger partial charge on any atom is -0.345 e. The van der Waals surface area contributed by atoms with Crippen LogP contribution in [0.4, 0.5) is 0 Å². The average Bonchev–Trinajstić information content (AvgIpc) is 2.85. The van der Waals surface area contributed by atoms with E-state index in [0.29, 0.717) is 41.4 Å². The Morgan fingerprint density at radius 3 is 2.42 bits per heavy atom. The molecule has 5 heteroatoms. The van der Waals surface area contributed by atoms with E-state index in [1.165, 1.54) is 19.3 Å². The van der Waals surface area contributed by atoms with Gasteiger partial charge < -0.3 is 9.42 Å². The van der Waals surface area contributed by atoms with Crippen LogP contribution in [0, 0.1) is 29.1 Å². The highest BCUT2D eigenvalue weighted by molar-refractivity contribution is 5.83. The Hall–Kier alpha value is -1.39. The maximum absolute atomic E-state index is 13.4. The van der Waals surface area contributed by atoms with Gasteiger partial charge in [0.1, 0.15) is 0 Å². The number of amides is 1. The van der Waals surface area contributed by atoms with Crippen molar-refractivity contribution in [1.82, 2.24) is 15.0 Å². The van der Waals surface area contributed by atoms with Gasteiger partial charge >= 0.3 is 0 Å². The van der Waals surface area contributed by atoms with Gasteiger partial charge in [0.25, 0.3) is 0 Å². The molecule has 1 amide bonds. The van der Waals surface area contributed by atoms with Gasteiger partial charge in [-0.2, -0.15) is 4.98 Å². The van der Waals surface area contributed by atoms with E-state index in [1.807, 2.05) is 11.9 Å². The lowest BCUT2D eigenvalue weighted by Gasteiger charge is -2.65. The molecule has 2 atom stereocenters. The first-order valence-corrected chi connectivity index (χ1v) is 9.26. The van der Waals surface area contributed by atoms with E-state index in [0.717, 1.165) is 25.2 Å². The molecule has 4 saturated carbocycles. The largest absolute Gasteiger partial charge is 0.345 e. The smallest absolute Gasteiger partial charge is 0.228 e. The molecule has 24 heavy (non-hydrogen) atoms. The zero-order valence-electron chi connectivity index (χ0n) is 15.4. The van der Waals surface area contributed by atoms with Crippen LogP contribution in [-0.2, 0) is 11.2 Å². The zero-order chi connectivity index (χ0) is 17.2. The van der Waals surface area contributed by atoms with E-state index in [2.05, 4.69) is 24.0 Å². The van der Waals surface area contributed by atoms with Crippen molar-refractivity contribution >= 4 is 5.91 Å². The van der Waals surface area contributed by atoms with Crippen LogP contribution >= 0.6 is 0 Å². The highest BCUT2D eigenvalue weighted by Crippen LogP contribution is 2.69. The molecule has 4 fully saturated rings. The molecule has 0 unspecified atom stereocenters. The molecule has 4 aliphatic rings. The maximum Gasteiger partial charge on any atom is 0.228 e. The second kappa shape index (κ2) is 5.06. The number of carbonyl (C=O) groups excluding carboxylic acids is 1. The fraction of sp³-hybridized carbons (Fsp3) is 0.842. The zero-order valence-corrected chi connectivity index (χ0v) is 15.4. The Bertz CT molecular complexity index is 649. The normalized spacial score (nSPS) is 40.1. The molecule has 1 aromatic rings. The monoisotopic (exact) mass is 331 g/mol. The first kappa shape index (κ1) is 16.1. The molecule has 0 spiro atoms. The van der Waals surface area contributed by atoms with Crippen LogP contribution in [0.5, 0.6) is 0 Å². The Balaban J connectivity index is 1.49. The molecule has 0 radical (unpaired) electrons. The Kier molecular flexibility index (Phi) is 3.39. The van der Waals surface area contributed by atoms with Crippen molar-refractivity contribution in [2.45, 2.75) is 65.7 Å². The maximum atomic E-state index is 13.4. The summed E-state index contributed by atoms with van der Waals surface area (Å²) in [5.41, 5.74) is 0.621. The molecule has 0 aromatic carbocycles. The van der Waals surface area contributed by atoms with Crippen LogP contribution < -0.4 is 0 Å². The van der Waals surface area contributed by atoms with Gasteiger partial charge in [-0.05, 0) is 55.3 Å². The van der Waals surface area contributed by atoms with Gasteiger partial charge in [-0.15, -0.1) is 0 Å². The van der Waals surface area contributed by atoms with Crippen molar-refractivity contribution in [2.75, 3.05) is 13.6 Å². The molecule has 132 valence electrons. The molecule has 4 aliphatic carbocycles. The molecule has 1 aromatic heterocycles. The van der Waals surface area contributed by atoms with E-state index < -0.39 is 0 Å². The first-order valence-electron chi connectivity index (χ1n) is 9.26. The second-order valence-electron chi connectivity index (χ2n) is 9.62. The Morgan fingerprint density at radius 2 is 1.88 bits per heavy atom. The Morgan fingerprint density at radius 1 is 1.21 bits per heavy atom. The minimum atomic E-state index is -0.120. The number of likely N-dealkylation sites (N-methyl/N-ethyl adjacent to an activating group) is 1. The molecule has 0 N–H and O–H groups in total. The van der Waals surface area contributed by atoms with Gasteiger partial charge in [-0.25, -0.2) is 0 Å². The Labute approximate surface area is 144 Å². The van der Waals surface area contributed by atoms with Crippen molar-refractivity contribution < 1.29 is 9.32 Å².